The average molecular weight is 314 g/mol. The van der Waals surface area contributed by atoms with Gasteiger partial charge in [-0.25, -0.2) is 4.79 Å². The Morgan fingerprint density at radius 3 is 2.30 bits per heavy atom. The lowest BCUT2D eigenvalue weighted by molar-refractivity contribution is -0.131. The fourth-order valence-corrected chi connectivity index (χ4v) is 1.89. The van der Waals surface area contributed by atoms with Crippen LogP contribution in [0.4, 0.5) is 0 Å². The van der Waals surface area contributed by atoms with Gasteiger partial charge >= 0.3 is 5.97 Å². The van der Waals surface area contributed by atoms with Gasteiger partial charge in [-0.2, -0.15) is 0 Å². The van der Waals surface area contributed by atoms with E-state index in [4.69, 9.17) is 19.3 Å². The standard InChI is InChI=1S/C18H18O5/c1-21-16-4-2-3-5-17(16)23-13-12-22-15-9-6-14(7-10-15)8-11-18(19)20/h2-11H,12-13H2,1H3,(H,19,20). The molecule has 2 aromatic carbocycles. The van der Waals surface area contributed by atoms with Gasteiger partial charge in [0.2, 0.25) is 0 Å². The Morgan fingerprint density at radius 1 is 1.00 bits per heavy atom. The zero-order chi connectivity index (χ0) is 16.5. The minimum atomic E-state index is -0.973. The Labute approximate surface area is 134 Å². The molecule has 0 saturated heterocycles. The Balaban J connectivity index is 1.79. The largest absolute Gasteiger partial charge is 0.493 e. The summed E-state index contributed by atoms with van der Waals surface area (Å²) >= 11 is 0. The topological polar surface area (TPSA) is 65.0 Å². The molecular formula is C18H18O5. The number of benzene rings is 2. The minimum absolute atomic E-state index is 0.390. The molecule has 120 valence electrons. The van der Waals surface area contributed by atoms with E-state index in [1.54, 1.807) is 31.4 Å². The number of carboxylic acid groups (broad SMARTS) is 1. The average Bonchev–Trinajstić information content (AvgIpc) is 2.58. The molecule has 0 amide bonds. The highest BCUT2D eigenvalue weighted by Crippen LogP contribution is 2.25. The highest BCUT2D eigenvalue weighted by Gasteiger charge is 2.02. The van der Waals surface area contributed by atoms with Crippen LogP contribution < -0.4 is 14.2 Å². The first-order valence-electron chi connectivity index (χ1n) is 7.09. The minimum Gasteiger partial charge on any atom is -0.493 e. The number of para-hydroxylation sites is 2. The molecule has 0 aliphatic heterocycles. The van der Waals surface area contributed by atoms with E-state index in [1.165, 1.54) is 6.08 Å². The number of hydrogen-bond donors (Lipinski definition) is 1. The van der Waals surface area contributed by atoms with Crippen LogP contribution in [-0.4, -0.2) is 31.4 Å². The van der Waals surface area contributed by atoms with Crippen molar-refractivity contribution >= 4 is 12.0 Å². The molecule has 0 fully saturated rings. The second-order valence-electron chi connectivity index (χ2n) is 4.59. The van der Waals surface area contributed by atoms with Gasteiger partial charge in [-0.3, -0.25) is 0 Å². The van der Waals surface area contributed by atoms with E-state index in [9.17, 15) is 4.79 Å². The predicted octanol–water partition coefficient (Wildman–Crippen LogP) is 3.25. The maximum atomic E-state index is 10.4. The monoisotopic (exact) mass is 314 g/mol. The van der Waals surface area contributed by atoms with Crippen LogP contribution in [0, 0.1) is 0 Å². The van der Waals surface area contributed by atoms with Gasteiger partial charge in [0, 0.05) is 6.08 Å². The molecule has 5 nitrogen and oxygen atoms in total. The van der Waals surface area contributed by atoms with Crippen LogP contribution in [-0.2, 0) is 4.79 Å². The van der Waals surface area contributed by atoms with Crippen molar-refractivity contribution in [2.24, 2.45) is 0 Å². The van der Waals surface area contributed by atoms with E-state index in [0.717, 1.165) is 11.6 Å². The predicted molar refractivity (Wildman–Crippen MR) is 87.1 cm³/mol. The number of rotatable bonds is 8. The molecule has 0 aliphatic carbocycles. The molecule has 0 aromatic heterocycles. The van der Waals surface area contributed by atoms with Crippen molar-refractivity contribution in [3.8, 4) is 17.2 Å². The first-order chi connectivity index (χ1) is 11.2. The van der Waals surface area contributed by atoms with Crippen LogP contribution in [0.1, 0.15) is 5.56 Å². The highest BCUT2D eigenvalue weighted by molar-refractivity contribution is 5.85. The molecule has 2 aromatic rings. The third kappa shape index (κ3) is 5.39. The van der Waals surface area contributed by atoms with Gasteiger partial charge in [0.1, 0.15) is 19.0 Å². The Kier molecular flexibility index (Phi) is 6.06. The van der Waals surface area contributed by atoms with Crippen molar-refractivity contribution in [1.82, 2.24) is 0 Å². The first kappa shape index (κ1) is 16.4. The summed E-state index contributed by atoms with van der Waals surface area (Å²) in [5.74, 6) is 1.08. The summed E-state index contributed by atoms with van der Waals surface area (Å²) in [6.45, 7) is 0.781. The molecule has 23 heavy (non-hydrogen) atoms. The summed E-state index contributed by atoms with van der Waals surface area (Å²) in [6, 6.07) is 14.6. The molecule has 0 radical (unpaired) electrons. The second-order valence-corrected chi connectivity index (χ2v) is 4.59. The van der Waals surface area contributed by atoms with Gasteiger partial charge in [0.25, 0.3) is 0 Å². The first-order valence-corrected chi connectivity index (χ1v) is 7.09. The third-order valence-electron chi connectivity index (χ3n) is 2.98. The Hall–Kier alpha value is -2.95. The maximum Gasteiger partial charge on any atom is 0.328 e. The van der Waals surface area contributed by atoms with Gasteiger partial charge < -0.3 is 19.3 Å². The molecule has 0 saturated carbocycles. The van der Waals surface area contributed by atoms with Gasteiger partial charge in [-0.05, 0) is 35.9 Å². The van der Waals surface area contributed by atoms with Crippen molar-refractivity contribution in [1.29, 1.82) is 0 Å². The molecule has 0 atom stereocenters. The smallest absolute Gasteiger partial charge is 0.328 e. The van der Waals surface area contributed by atoms with Crippen LogP contribution in [0.15, 0.2) is 54.6 Å². The molecular weight excluding hydrogens is 296 g/mol. The van der Waals surface area contributed by atoms with Crippen LogP contribution in [0.5, 0.6) is 17.2 Å². The normalized spacial score (nSPS) is 10.5. The Bertz CT molecular complexity index is 661. The fraction of sp³-hybridized carbons (Fsp3) is 0.167. The third-order valence-corrected chi connectivity index (χ3v) is 2.98. The summed E-state index contributed by atoms with van der Waals surface area (Å²) < 4.78 is 16.4. The lowest BCUT2D eigenvalue weighted by atomic mass is 10.2. The van der Waals surface area contributed by atoms with Gasteiger partial charge in [0.05, 0.1) is 7.11 Å². The van der Waals surface area contributed by atoms with Crippen LogP contribution in [0.2, 0.25) is 0 Å². The summed E-state index contributed by atoms with van der Waals surface area (Å²) in [4.78, 5) is 10.4. The van der Waals surface area contributed by atoms with Crippen molar-refractivity contribution in [2.75, 3.05) is 20.3 Å². The van der Waals surface area contributed by atoms with Gasteiger partial charge in [-0.1, -0.05) is 24.3 Å². The molecule has 0 spiro atoms. The second kappa shape index (κ2) is 8.48. The number of methoxy groups -OCH3 is 1. The van der Waals surface area contributed by atoms with E-state index >= 15 is 0 Å². The van der Waals surface area contributed by atoms with Crippen molar-refractivity contribution in [2.45, 2.75) is 0 Å². The fourth-order valence-electron chi connectivity index (χ4n) is 1.89. The lowest BCUT2D eigenvalue weighted by Crippen LogP contribution is -2.09. The lowest BCUT2D eigenvalue weighted by Gasteiger charge is -2.11. The van der Waals surface area contributed by atoms with Gasteiger partial charge in [-0.15, -0.1) is 0 Å². The van der Waals surface area contributed by atoms with E-state index in [1.807, 2.05) is 24.3 Å². The van der Waals surface area contributed by atoms with Gasteiger partial charge in [0.15, 0.2) is 11.5 Å². The number of carbonyl (C=O) groups is 1. The summed E-state index contributed by atoms with van der Waals surface area (Å²) in [5.41, 5.74) is 0.796. The SMILES string of the molecule is COc1ccccc1OCCOc1ccc(C=CC(=O)O)cc1. The van der Waals surface area contributed by atoms with Crippen molar-refractivity contribution < 1.29 is 24.1 Å². The number of ether oxygens (including phenoxy) is 3. The quantitative estimate of drug-likeness (QED) is 0.598. The van der Waals surface area contributed by atoms with Crippen LogP contribution >= 0.6 is 0 Å². The number of carboxylic acids is 1. The molecule has 5 heteroatoms. The zero-order valence-electron chi connectivity index (χ0n) is 12.8. The summed E-state index contributed by atoms with van der Waals surface area (Å²) in [6.07, 6.45) is 2.62. The molecule has 0 aliphatic rings. The van der Waals surface area contributed by atoms with Crippen LogP contribution in [0.25, 0.3) is 6.08 Å². The van der Waals surface area contributed by atoms with E-state index in [-0.39, 0.29) is 0 Å². The van der Waals surface area contributed by atoms with E-state index in [2.05, 4.69) is 0 Å². The molecule has 0 heterocycles. The highest BCUT2D eigenvalue weighted by atomic mass is 16.5. The number of hydrogen-bond acceptors (Lipinski definition) is 4. The molecule has 1 N–H and O–H groups in total. The molecule has 0 bridgehead atoms. The van der Waals surface area contributed by atoms with E-state index in [0.29, 0.717) is 30.5 Å². The van der Waals surface area contributed by atoms with Crippen molar-refractivity contribution in [3.05, 3.63) is 60.2 Å². The van der Waals surface area contributed by atoms with Crippen LogP contribution in [0.3, 0.4) is 0 Å². The Morgan fingerprint density at radius 2 is 1.65 bits per heavy atom. The van der Waals surface area contributed by atoms with Crippen molar-refractivity contribution in [3.63, 3.8) is 0 Å². The molecule has 2 rings (SSSR count). The number of aliphatic carboxylic acids is 1. The zero-order valence-corrected chi connectivity index (χ0v) is 12.8. The van der Waals surface area contributed by atoms with E-state index < -0.39 is 5.97 Å². The summed E-state index contributed by atoms with van der Waals surface area (Å²) in [7, 11) is 1.60. The summed E-state index contributed by atoms with van der Waals surface area (Å²) in [5, 5.41) is 8.57. The maximum absolute atomic E-state index is 10.4. The molecule has 0 unspecified atom stereocenters.